The standard InChI is InChI=1S/C19H23NO3/c1-14-17(22-2)10-9-16(19(14)23-3)11-12-20-18(21)13-15-7-5-4-6-8-15/h4-10H,11-13H2,1-3H3,(H,20,21). The second kappa shape index (κ2) is 8.22. The van der Waals surface area contributed by atoms with Gasteiger partial charge in [0.2, 0.25) is 5.91 Å². The summed E-state index contributed by atoms with van der Waals surface area (Å²) >= 11 is 0. The third kappa shape index (κ3) is 4.49. The molecule has 0 unspecified atom stereocenters. The Morgan fingerprint density at radius 2 is 1.78 bits per heavy atom. The molecule has 0 aliphatic rings. The summed E-state index contributed by atoms with van der Waals surface area (Å²) in [6, 6.07) is 13.6. The van der Waals surface area contributed by atoms with Gasteiger partial charge in [-0.15, -0.1) is 0 Å². The Morgan fingerprint density at radius 1 is 1.04 bits per heavy atom. The van der Waals surface area contributed by atoms with Gasteiger partial charge in [-0.2, -0.15) is 0 Å². The molecule has 0 radical (unpaired) electrons. The van der Waals surface area contributed by atoms with Crippen LogP contribution in [0.1, 0.15) is 16.7 Å². The predicted octanol–water partition coefficient (Wildman–Crippen LogP) is 2.91. The topological polar surface area (TPSA) is 47.6 Å². The zero-order valence-electron chi connectivity index (χ0n) is 13.9. The van der Waals surface area contributed by atoms with Crippen LogP contribution in [0.3, 0.4) is 0 Å². The number of hydrogen-bond acceptors (Lipinski definition) is 3. The number of carbonyl (C=O) groups excluding carboxylic acids is 1. The van der Waals surface area contributed by atoms with Gasteiger partial charge in [-0.3, -0.25) is 4.79 Å². The van der Waals surface area contributed by atoms with Crippen molar-refractivity contribution >= 4 is 5.91 Å². The first-order valence-electron chi connectivity index (χ1n) is 7.66. The molecule has 2 aromatic carbocycles. The highest BCUT2D eigenvalue weighted by atomic mass is 16.5. The van der Waals surface area contributed by atoms with Gasteiger partial charge in [0.05, 0.1) is 20.6 Å². The van der Waals surface area contributed by atoms with Crippen molar-refractivity contribution in [2.45, 2.75) is 19.8 Å². The minimum atomic E-state index is 0.0281. The van der Waals surface area contributed by atoms with Crippen LogP contribution in [0.5, 0.6) is 11.5 Å². The van der Waals surface area contributed by atoms with E-state index in [1.54, 1.807) is 14.2 Å². The largest absolute Gasteiger partial charge is 0.496 e. The van der Waals surface area contributed by atoms with Crippen LogP contribution in [0.15, 0.2) is 42.5 Å². The maximum absolute atomic E-state index is 12.0. The quantitative estimate of drug-likeness (QED) is 0.855. The van der Waals surface area contributed by atoms with Gasteiger partial charge < -0.3 is 14.8 Å². The zero-order chi connectivity index (χ0) is 16.7. The molecule has 0 bridgehead atoms. The number of benzene rings is 2. The van der Waals surface area contributed by atoms with Crippen LogP contribution in [0.4, 0.5) is 0 Å². The van der Waals surface area contributed by atoms with Gasteiger partial charge >= 0.3 is 0 Å². The van der Waals surface area contributed by atoms with E-state index in [1.807, 2.05) is 49.4 Å². The summed E-state index contributed by atoms with van der Waals surface area (Å²) in [4.78, 5) is 12.0. The molecule has 0 heterocycles. The van der Waals surface area contributed by atoms with E-state index >= 15 is 0 Å². The van der Waals surface area contributed by atoms with E-state index in [2.05, 4.69) is 5.32 Å². The van der Waals surface area contributed by atoms with E-state index in [0.717, 1.165) is 28.2 Å². The van der Waals surface area contributed by atoms with Crippen molar-refractivity contribution < 1.29 is 14.3 Å². The summed E-state index contributed by atoms with van der Waals surface area (Å²) in [5.41, 5.74) is 3.05. The number of ether oxygens (including phenoxy) is 2. The van der Waals surface area contributed by atoms with E-state index in [0.29, 0.717) is 19.4 Å². The summed E-state index contributed by atoms with van der Waals surface area (Å²) in [5.74, 6) is 1.65. The highest BCUT2D eigenvalue weighted by Crippen LogP contribution is 2.31. The molecule has 0 aliphatic carbocycles. The number of rotatable bonds is 7. The van der Waals surface area contributed by atoms with Crippen molar-refractivity contribution in [3.63, 3.8) is 0 Å². The lowest BCUT2D eigenvalue weighted by Crippen LogP contribution is -2.27. The maximum Gasteiger partial charge on any atom is 0.224 e. The molecule has 0 atom stereocenters. The SMILES string of the molecule is COc1ccc(CCNC(=O)Cc2ccccc2)c(OC)c1C. The summed E-state index contributed by atoms with van der Waals surface area (Å²) in [7, 11) is 3.30. The number of methoxy groups -OCH3 is 2. The number of carbonyl (C=O) groups is 1. The Hall–Kier alpha value is -2.49. The molecule has 0 spiro atoms. The van der Waals surface area contributed by atoms with Gasteiger partial charge in [0, 0.05) is 12.1 Å². The second-order valence-electron chi connectivity index (χ2n) is 5.35. The fourth-order valence-electron chi connectivity index (χ4n) is 2.61. The van der Waals surface area contributed by atoms with Gasteiger partial charge in [0.25, 0.3) is 0 Å². The van der Waals surface area contributed by atoms with Crippen LogP contribution >= 0.6 is 0 Å². The predicted molar refractivity (Wildman–Crippen MR) is 91.1 cm³/mol. The Kier molecular flexibility index (Phi) is 6.03. The van der Waals surface area contributed by atoms with Crippen molar-refractivity contribution in [3.8, 4) is 11.5 Å². The highest BCUT2D eigenvalue weighted by Gasteiger charge is 2.11. The molecule has 23 heavy (non-hydrogen) atoms. The molecular formula is C19H23NO3. The molecular weight excluding hydrogens is 290 g/mol. The fourth-order valence-corrected chi connectivity index (χ4v) is 2.61. The van der Waals surface area contributed by atoms with Crippen LogP contribution in [0.25, 0.3) is 0 Å². The molecule has 0 saturated heterocycles. The maximum atomic E-state index is 12.0. The van der Waals surface area contributed by atoms with E-state index in [1.165, 1.54) is 0 Å². The van der Waals surface area contributed by atoms with E-state index < -0.39 is 0 Å². The summed E-state index contributed by atoms with van der Waals surface area (Å²) < 4.78 is 10.8. The smallest absolute Gasteiger partial charge is 0.224 e. The first-order chi connectivity index (χ1) is 11.2. The van der Waals surface area contributed by atoms with E-state index in [-0.39, 0.29) is 5.91 Å². The molecule has 0 aliphatic heterocycles. The summed E-state index contributed by atoms with van der Waals surface area (Å²) in [6.07, 6.45) is 1.12. The van der Waals surface area contributed by atoms with Gasteiger partial charge in [0.15, 0.2) is 0 Å². The number of nitrogens with one attached hydrogen (secondary N) is 1. The van der Waals surface area contributed by atoms with Crippen LogP contribution in [0, 0.1) is 6.92 Å². The van der Waals surface area contributed by atoms with Crippen LogP contribution in [0.2, 0.25) is 0 Å². The molecule has 0 aromatic heterocycles. The lowest BCUT2D eigenvalue weighted by atomic mass is 10.1. The monoisotopic (exact) mass is 313 g/mol. The molecule has 1 amide bonds. The molecule has 4 nitrogen and oxygen atoms in total. The minimum absolute atomic E-state index is 0.0281. The van der Waals surface area contributed by atoms with Crippen molar-refractivity contribution in [2.24, 2.45) is 0 Å². The molecule has 1 N–H and O–H groups in total. The van der Waals surface area contributed by atoms with E-state index in [4.69, 9.17) is 9.47 Å². The zero-order valence-corrected chi connectivity index (χ0v) is 13.9. The first kappa shape index (κ1) is 16.9. The average Bonchev–Trinajstić information content (AvgIpc) is 2.56. The Balaban J connectivity index is 1.91. The van der Waals surface area contributed by atoms with Crippen molar-refractivity contribution in [1.82, 2.24) is 5.32 Å². The van der Waals surface area contributed by atoms with Gasteiger partial charge in [0.1, 0.15) is 11.5 Å². The highest BCUT2D eigenvalue weighted by molar-refractivity contribution is 5.78. The van der Waals surface area contributed by atoms with Crippen LogP contribution < -0.4 is 14.8 Å². The lowest BCUT2D eigenvalue weighted by molar-refractivity contribution is -0.120. The molecule has 122 valence electrons. The second-order valence-corrected chi connectivity index (χ2v) is 5.35. The molecule has 2 aromatic rings. The third-order valence-corrected chi connectivity index (χ3v) is 3.79. The Bertz CT molecular complexity index is 653. The average molecular weight is 313 g/mol. The normalized spacial score (nSPS) is 10.2. The van der Waals surface area contributed by atoms with Crippen molar-refractivity contribution in [2.75, 3.05) is 20.8 Å². The molecule has 0 fully saturated rings. The van der Waals surface area contributed by atoms with Gasteiger partial charge in [-0.05, 0) is 30.5 Å². The summed E-state index contributed by atoms with van der Waals surface area (Å²) in [5, 5.41) is 2.95. The van der Waals surface area contributed by atoms with Crippen LogP contribution in [-0.2, 0) is 17.6 Å². The first-order valence-corrected chi connectivity index (χ1v) is 7.66. The molecule has 4 heteroatoms. The van der Waals surface area contributed by atoms with Gasteiger partial charge in [-0.25, -0.2) is 0 Å². The van der Waals surface area contributed by atoms with Gasteiger partial charge in [-0.1, -0.05) is 36.4 Å². The molecule has 2 rings (SSSR count). The Morgan fingerprint density at radius 3 is 2.43 bits per heavy atom. The third-order valence-electron chi connectivity index (χ3n) is 3.79. The van der Waals surface area contributed by atoms with E-state index in [9.17, 15) is 4.79 Å². The lowest BCUT2D eigenvalue weighted by Gasteiger charge is -2.14. The summed E-state index contributed by atoms with van der Waals surface area (Å²) in [6.45, 7) is 2.54. The minimum Gasteiger partial charge on any atom is -0.496 e. The number of hydrogen-bond donors (Lipinski definition) is 1. The fraction of sp³-hybridized carbons (Fsp3) is 0.316. The Labute approximate surface area is 137 Å². The van der Waals surface area contributed by atoms with Crippen molar-refractivity contribution in [1.29, 1.82) is 0 Å². The molecule has 0 saturated carbocycles. The van der Waals surface area contributed by atoms with Crippen LogP contribution in [-0.4, -0.2) is 26.7 Å². The van der Waals surface area contributed by atoms with Crippen molar-refractivity contribution in [3.05, 3.63) is 59.2 Å². The number of amides is 1.